The van der Waals surface area contributed by atoms with Gasteiger partial charge in [0.15, 0.2) is 0 Å². The highest BCUT2D eigenvalue weighted by atomic mass is 16.5. The van der Waals surface area contributed by atoms with Crippen molar-refractivity contribution in [2.45, 2.75) is 26.1 Å². The number of aldehydes is 2. The zero-order chi connectivity index (χ0) is 20.2. The second kappa shape index (κ2) is 11.4. The molecule has 6 nitrogen and oxygen atoms in total. The van der Waals surface area contributed by atoms with E-state index in [9.17, 15) is 19.2 Å². The zero-order valence-corrected chi connectivity index (χ0v) is 15.4. The predicted octanol–water partition coefficient (Wildman–Crippen LogP) is 2.88. The number of carbonyl (C=O) groups is 4. The smallest absolute Gasteiger partial charge is 0.310 e. The summed E-state index contributed by atoms with van der Waals surface area (Å²) in [6.45, 7) is 0.0316. The highest BCUT2D eigenvalue weighted by Gasteiger charge is 2.35. The number of ether oxygens (including phenoxy) is 2. The molecule has 0 aliphatic rings. The number of hydrogen-bond donors (Lipinski definition) is 0. The van der Waals surface area contributed by atoms with E-state index in [1.54, 1.807) is 24.3 Å². The maximum absolute atomic E-state index is 12.5. The van der Waals surface area contributed by atoms with E-state index in [0.717, 1.165) is 11.1 Å². The molecular weight excluding hydrogens is 360 g/mol. The molecule has 0 radical (unpaired) electrons. The van der Waals surface area contributed by atoms with E-state index in [4.69, 9.17) is 9.47 Å². The summed E-state index contributed by atoms with van der Waals surface area (Å²) in [5, 5.41) is 0. The lowest BCUT2D eigenvalue weighted by Crippen LogP contribution is -2.33. The third-order valence-electron chi connectivity index (χ3n) is 4.24. The fraction of sp³-hybridized carbons (Fsp3) is 0.273. The van der Waals surface area contributed by atoms with Crippen molar-refractivity contribution in [3.05, 3.63) is 71.8 Å². The summed E-state index contributed by atoms with van der Waals surface area (Å²) in [4.78, 5) is 47.1. The van der Waals surface area contributed by atoms with Crippen LogP contribution >= 0.6 is 0 Å². The van der Waals surface area contributed by atoms with Gasteiger partial charge < -0.3 is 19.1 Å². The number of esters is 2. The van der Waals surface area contributed by atoms with Crippen molar-refractivity contribution in [3.63, 3.8) is 0 Å². The second-order valence-corrected chi connectivity index (χ2v) is 6.20. The lowest BCUT2D eigenvalue weighted by atomic mass is 9.87. The van der Waals surface area contributed by atoms with Gasteiger partial charge in [0, 0.05) is 12.8 Å². The lowest BCUT2D eigenvalue weighted by molar-refractivity contribution is -0.163. The fourth-order valence-electron chi connectivity index (χ4n) is 2.73. The molecule has 2 aromatic rings. The molecule has 0 amide bonds. The maximum atomic E-state index is 12.5. The Labute approximate surface area is 163 Å². The minimum absolute atomic E-state index is 0.0158. The Hall–Kier alpha value is -3.28. The van der Waals surface area contributed by atoms with Crippen LogP contribution in [0.25, 0.3) is 0 Å². The topological polar surface area (TPSA) is 86.7 Å². The summed E-state index contributed by atoms with van der Waals surface area (Å²) >= 11 is 0. The molecule has 0 saturated heterocycles. The van der Waals surface area contributed by atoms with Gasteiger partial charge in [0.25, 0.3) is 0 Å². The molecule has 0 N–H and O–H groups in total. The van der Waals surface area contributed by atoms with E-state index in [-0.39, 0.29) is 26.1 Å². The Morgan fingerprint density at radius 3 is 1.36 bits per heavy atom. The molecule has 0 bridgehead atoms. The first-order valence-electron chi connectivity index (χ1n) is 8.94. The Morgan fingerprint density at radius 1 is 0.679 bits per heavy atom. The largest absolute Gasteiger partial charge is 0.461 e. The highest BCUT2D eigenvalue weighted by molar-refractivity contribution is 5.85. The molecule has 28 heavy (non-hydrogen) atoms. The normalized spacial score (nSPS) is 12.4. The van der Waals surface area contributed by atoms with Gasteiger partial charge in [0.1, 0.15) is 25.8 Å². The summed E-state index contributed by atoms with van der Waals surface area (Å²) in [6, 6.07) is 18.1. The van der Waals surface area contributed by atoms with Gasteiger partial charge in [0.2, 0.25) is 0 Å². The highest BCUT2D eigenvalue weighted by Crippen LogP contribution is 2.23. The van der Waals surface area contributed by atoms with Crippen LogP contribution in [0.2, 0.25) is 0 Å². The number of carbonyl (C=O) groups excluding carboxylic acids is 4. The van der Waals surface area contributed by atoms with Crippen molar-refractivity contribution in [2.24, 2.45) is 11.8 Å². The molecule has 0 aliphatic heterocycles. The molecule has 0 heterocycles. The maximum Gasteiger partial charge on any atom is 0.310 e. The third kappa shape index (κ3) is 6.46. The molecule has 0 spiro atoms. The molecule has 0 unspecified atom stereocenters. The molecule has 0 saturated carbocycles. The SMILES string of the molecule is O=CC[C@H](C(=O)OCc1ccccc1)[C@@H](CC=O)C(=O)OCc1ccccc1. The summed E-state index contributed by atoms with van der Waals surface area (Å²) in [7, 11) is 0. The Morgan fingerprint density at radius 2 is 1.04 bits per heavy atom. The van der Waals surface area contributed by atoms with E-state index in [2.05, 4.69) is 0 Å². The van der Waals surface area contributed by atoms with Crippen LogP contribution < -0.4 is 0 Å². The van der Waals surface area contributed by atoms with Crippen molar-refractivity contribution >= 4 is 24.5 Å². The average molecular weight is 382 g/mol. The fourth-order valence-corrected chi connectivity index (χ4v) is 2.73. The van der Waals surface area contributed by atoms with Crippen LogP contribution in [-0.4, -0.2) is 24.5 Å². The van der Waals surface area contributed by atoms with Crippen molar-refractivity contribution in [1.82, 2.24) is 0 Å². The first-order valence-corrected chi connectivity index (χ1v) is 8.94. The zero-order valence-electron chi connectivity index (χ0n) is 15.4. The minimum Gasteiger partial charge on any atom is -0.461 e. The molecule has 2 atom stereocenters. The molecule has 6 heteroatoms. The van der Waals surface area contributed by atoms with Crippen molar-refractivity contribution in [2.75, 3.05) is 0 Å². The van der Waals surface area contributed by atoms with Gasteiger partial charge in [-0.1, -0.05) is 60.7 Å². The van der Waals surface area contributed by atoms with E-state index < -0.39 is 23.8 Å². The van der Waals surface area contributed by atoms with Crippen LogP contribution in [0, 0.1) is 11.8 Å². The number of benzene rings is 2. The van der Waals surface area contributed by atoms with Crippen LogP contribution in [-0.2, 0) is 41.9 Å². The molecule has 0 fully saturated rings. The number of hydrogen-bond acceptors (Lipinski definition) is 6. The predicted molar refractivity (Wildman–Crippen MR) is 101 cm³/mol. The van der Waals surface area contributed by atoms with E-state index in [1.807, 2.05) is 36.4 Å². The third-order valence-corrected chi connectivity index (χ3v) is 4.24. The second-order valence-electron chi connectivity index (χ2n) is 6.20. The van der Waals surface area contributed by atoms with E-state index in [0.29, 0.717) is 12.6 Å². The van der Waals surface area contributed by atoms with Crippen LogP contribution in [0.5, 0.6) is 0 Å². The first kappa shape index (κ1) is 21.0. The molecular formula is C22H22O6. The van der Waals surface area contributed by atoms with Gasteiger partial charge in [-0.3, -0.25) is 9.59 Å². The average Bonchev–Trinajstić information content (AvgIpc) is 2.74. The Bertz CT molecular complexity index is 705. The van der Waals surface area contributed by atoms with E-state index >= 15 is 0 Å². The summed E-state index contributed by atoms with van der Waals surface area (Å²) < 4.78 is 10.5. The molecule has 2 rings (SSSR count). The van der Waals surface area contributed by atoms with Gasteiger partial charge in [-0.15, -0.1) is 0 Å². The monoisotopic (exact) mass is 382 g/mol. The Kier molecular flexibility index (Phi) is 8.59. The molecule has 146 valence electrons. The first-order chi connectivity index (χ1) is 13.7. The van der Waals surface area contributed by atoms with Gasteiger partial charge in [-0.05, 0) is 11.1 Å². The van der Waals surface area contributed by atoms with Crippen molar-refractivity contribution in [3.8, 4) is 0 Å². The van der Waals surface area contributed by atoms with Crippen LogP contribution in [0.3, 0.4) is 0 Å². The van der Waals surface area contributed by atoms with Crippen LogP contribution in [0.1, 0.15) is 24.0 Å². The van der Waals surface area contributed by atoms with Gasteiger partial charge in [0.05, 0.1) is 11.8 Å². The lowest BCUT2D eigenvalue weighted by Gasteiger charge is -2.21. The number of rotatable bonds is 11. The molecule has 2 aromatic carbocycles. The van der Waals surface area contributed by atoms with Gasteiger partial charge in [-0.25, -0.2) is 0 Å². The standard InChI is InChI=1S/C22H22O6/c23-13-11-19(21(25)27-15-17-7-3-1-4-8-17)20(12-14-24)22(26)28-16-18-9-5-2-6-10-18/h1-10,13-14,19-20H,11-12,15-16H2/t19-,20+. The van der Waals surface area contributed by atoms with Crippen LogP contribution in [0.15, 0.2) is 60.7 Å². The minimum atomic E-state index is -1.07. The summed E-state index contributed by atoms with van der Waals surface area (Å²) in [5.41, 5.74) is 1.55. The summed E-state index contributed by atoms with van der Waals surface area (Å²) in [6.07, 6.45) is 0.618. The quantitative estimate of drug-likeness (QED) is 0.439. The van der Waals surface area contributed by atoms with Gasteiger partial charge >= 0.3 is 11.9 Å². The van der Waals surface area contributed by atoms with E-state index in [1.165, 1.54) is 0 Å². The summed E-state index contributed by atoms with van der Waals surface area (Å²) in [5.74, 6) is -3.57. The molecule has 0 aliphatic carbocycles. The molecule has 0 aromatic heterocycles. The van der Waals surface area contributed by atoms with Crippen LogP contribution in [0.4, 0.5) is 0 Å². The Balaban J connectivity index is 2.04. The van der Waals surface area contributed by atoms with Crippen molar-refractivity contribution < 1.29 is 28.7 Å². The van der Waals surface area contributed by atoms with Crippen molar-refractivity contribution in [1.29, 1.82) is 0 Å². The van der Waals surface area contributed by atoms with Gasteiger partial charge in [-0.2, -0.15) is 0 Å².